The maximum Gasteiger partial charge on any atom is 0.244 e. The average Bonchev–Trinajstić information content (AvgIpc) is 2.68. The van der Waals surface area contributed by atoms with Crippen molar-refractivity contribution in [3.8, 4) is 5.75 Å². The van der Waals surface area contributed by atoms with E-state index in [0.717, 1.165) is 28.3 Å². The van der Waals surface area contributed by atoms with Crippen molar-refractivity contribution < 1.29 is 4.74 Å². The number of hydrogen-bond acceptors (Lipinski definition) is 6. The summed E-state index contributed by atoms with van der Waals surface area (Å²) in [5, 5.41) is 15.2. The fourth-order valence-corrected chi connectivity index (χ4v) is 2.60. The number of nitrogens with zero attached hydrogens (tertiary/aromatic N) is 3. The van der Waals surface area contributed by atoms with Crippen molar-refractivity contribution in [2.45, 2.75) is 13.0 Å². The Hall–Kier alpha value is -2.86. The molecule has 2 aromatic carbocycles. The number of benzene rings is 2. The lowest BCUT2D eigenvalue weighted by atomic mass is 10.1. The summed E-state index contributed by atoms with van der Waals surface area (Å²) in [6, 6.07) is 15.6. The number of anilines is 2. The van der Waals surface area contributed by atoms with Gasteiger partial charge < -0.3 is 15.4 Å². The highest BCUT2D eigenvalue weighted by molar-refractivity contribution is 6.30. The second kappa shape index (κ2) is 9.01. The molecule has 0 saturated heterocycles. The Bertz CT molecular complexity index is 841. The van der Waals surface area contributed by atoms with Crippen LogP contribution in [0.5, 0.6) is 5.75 Å². The molecule has 0 bridgehead atoms. The van der Waals surface area contributed by atoms with E-state index in [1.165, 1.54) is 0 Å². The zero-order valence-corrected chi connectivity index (χ0v) is 15.2. The van der Waals surface area contributed by atoms with Crippen LogP contribution in [0.1, 0.15) is 11.1 Å². The van der Waals surface area contributed by atoms with Gasteiger partial charge in [0.1, 0.15) is 5.75 Å². The van der Waals surface area contributed by atoms with Crippen molar-refractivity contribution >= 4 is 23.4 Å². The molecule has 0 aliphatic rings. The van der Waals surface area contributed by atoms with Crippen LogP contribution in [0.3, 0.4) is 0 Å². The molecule has 1 heterocycles. The first kappa shape index (κ1) is 17.9. The number of ether oxygens (including phenoxy) is 1. The van der Waals surface area contributed by atoms with E-state index < -0.39 is 0 Å². The third-order valence-electron chi connectivity index (χ3n) is 3.82. The van der Waals surface area contributed by atoms with Gasteiger partial charge in [-0.3, -0.25) is 0 Å². The second-order valence-corrected chi connectivity index (χ2v) is 6.07. The standard InChI is InChI=1S/C19H20ClN5O/c1-26-17-5-3-2-4-15(17)10-11-21-19-24-18(13-23-25-19)22-12-14-6-8-16(20)9-7-14/h2-9,13H,10-12H2,1H3,(H2,21,22,24,25). The summed E-state index contributed by atoms with van der Waals surface area (Å²) in [6.07, 6.45) is 2.40. The van der Waals surface area contributed by atoms with Crippen molar-refractivity contribution in [3.05, 3.63) is 70.9 Å². The lowest BCUT2D eigenvalue weighted by molar-refractivity contribution is 0.410. The predicted molar refractivity (Wildman–Crippen MR) is 104 cm³/mol. The van der Waals surface area contributed by atoms with Gasteiger partial charge in [0.25, 0.3) is 0 Å². The Morgan fingerprint density at radius 1 is 1.04 bits per heavy atom. The lowest BCUT2D eigenvalue weighted by Gasteiger charge is -2.10. The second-order valence-electron chi connectivity index (χ2n) is 5.63. The van der Waals surface area contributed by atoms with Crippen LogP contribution in [-0.4, -0.2) is 28.8 Å². The van der Waals surface area contributed by atoms with Crippen LogP contribution in [0.15, 0.2) is 54.7 Å². The van der Waals surface area contributed by atoms with E-state index in [-0.39, 0.29) is 0 Å². The molecule has 0 saturated carbocycles. The summed E-state index contributed by atoms with van der Waals surface area (Å²) in [4.78, 5) is 4.43. The molecule has 0 radical (unpaired) electrons. The van der Waals surface area contributed by atoms with Crippen LogP contribution >= 0.6 is 11.6 Å². The van der Waals surface area contributed by atoms with Crippen molar-refractivity contribution in [2.24, 2.45) is 0 Å². The largest absolute Gasteiger partial charge is 0.496 e. The number of para-hydroxylation sites is 1. The minimum absolute atomic E-state index is 0.487. The van der Waals surface area contributed by atoms with Gasteiger partial charge in [-0.1, -0.05) is 41.9 Å². The van der Waals surface area contributed by atoms with Crippen molar-refractivity contribution in [3.63, 3.8) is 0 Å². The summed E-state index contributed by atoms with van der Waals surface area (Å²) in [6.45, 7) is 1.32. The first-order valence-electron chi connectivity index (χ1n) is 8.28. The van der Waals surface area contributed by atoms with Gasteiger partial charge in [0.15, 0.2) is 5.82 Å². The van der Waals surface area contributed by atoms with Crippen LogP contribution in [0.4, 0.5) is 11.8 Å². The number of rotatable bonds is 8. The van der Waals surface area contributed by atoms with Crippen LogP contribution in [0, 0.1) is 0 Å². The Morgan fingerprint density at radius 3 is 2.65 bits per heavy atom. The van der Waals surface area contributed by atoms with Crippen LogP contribution in [-0.2, 0) is 13.0 Å². The SMILES string of the molecule is COc1ccccc1CCNc1nncc(NCc2ccc(Cl)cc2)n1. The highest BCUT2D eigenvalue weighted by atomic mass is 35.5. The molecule has 0 fully saturated rings. The van der Waals surface area contributed by atoms with Gasteiger partial charge in [-0.15, -0.1) is 5.10 Å². The summed E-state index contributed by atoms with van der Waals surface area (Å²) in [5.74, 6) is 2.03. The number of methoxy groups -OCH3 is 1. The third kappa shape index (κ3) is 5.07. The molecular weight excluding hydrogens is 350 g/mol. The molecule has 6 nitrogen and oxygen atoms in total. The van der Waals surface area contributed by atoms with Gasteiger partial charge >= 0.3 is 0 Å². The molecule has 3 rings (SSSR count). The maximum absolute atomic E-state index is 5.89. The van der Waals surface area contributed by atoms with E-state index in [1.807, 2.05) is 48.5 Å². The molecule has 0 aliphatic carbocycles. The maximum atomic E-state index is 5.89. The van der Waals surface area contributed by atoms with E-state index >= 15 is 0 Å². The molecular formula is C19H20ClN5O. The van der Waals surface area contributed by atoms with Crippen LogP contribution in [0.2, 0.25) is 5.02 Å². The Balaban J connectivity index is 1.53. The lowest BCUT2D eigenvalue weighted by Crippen LogP contribution is -2.11. The molecule has 2 N–H and O–H groups in total. The normalized spacial score (nSPS) is 10.4. The minimum atomic E-state index is 0.487. The van der Waals surface area contributed by atoms with Crippen molar-refractivity contribution in [1.29, 1.82) is 0 Å². The fourth-order valence-electron chi connectivity index (χ4n) is 2.48. The molecule has 3 aromatic rings. The zero-order chi connectivity index (χ0) is 18.2. The van der Waals surface area contributed by atoms with Gasteiger partial charge in [-0.2, -0.15) is 10.1 Å². The number of nitrogens with one attached hydrogen (secondary N) is 2. The molecule has 0 amide bonds. The quantitative estimate of drug-likeness (QED) is 0.629. The van der Waals surface area contributed by atoms with Crippen molar-refractivity contribution in [2.75, 3.05) is 24.3 Å². The smallest absolute Gasteiger partial charge is 0.244 e. The number of halogens is 1. The molecule has 134 valence electrons. The first-order valence-corrected chi connectivity index (χ1v) is 8.66. The highest BCUT2D eigenvalue weighted by Crippen LogP contribution is 2.17. The molecule has 0 unspecified atom stereocenters. The Labute approximate surface area is 157 Å². The highest BCUT2D eigenvalue weighted by Gasteiger charge is 2.04. The monoisotopic (exact) mass is 369 g/mol. The Morgan fingerprint density at radius 2 is 1.85 bits per heavy atom. The molecule has 1 aromatic heterocycles. The molecule has 0 atom stereocenters. The molecule has 26 heavy (non-hydrogen) atoms. The van der Waals surface area contributed by atoms with Gasteiger partial charge in [0.2, 0.25) is 5.95 Å². The van der Waals surface area contributed by atoms with Crippen molar-refractivity contribution in [1.82, 2.24) is 15.2 Å². The first-order chi connectivity index (χ1) is 12.7. The fraction of sp³-hybridized carbons (Fsp3) is 0.211. The topological polar surface area (TPSA) is 72.0 Å². The van der Waals surface area contributed by atoms with E-state index in [9.17, 15) is 0 Å². The molecule has 0 spiro atoms. The van der Waals surface area contributed by atoms with E-state index in [0.29, 0.717) is 24.9 Å². The third-order valence-corrected chi connectivity index (χ3v) is 4.07. The van der Waals surface area contributed by atoms with Gasteiger partial charge in [0, 0.05) is 18.1 Å². The average molecular weight is 370 g/mol. The summed E-state index contributed by atoms with van der Waals surface area (Å²) < 4.78 is 5.36. The van der Waals surface area contributed by atoms with Gasteiger partial charge in [-0.25, -0.2) is 0 Å². The number of aromatic nitrogens is 3. The van der Waals surface area contributed by atoms with E-state index in [1.54, 1.807) is 13.3 Å². The van der Waals surface area contributed by atoms with E-state index in [4.69, 9.17) is 16.3 Å². The predicted octanol–water partition coefficient (Wildman–Crippen LogP) is 3.80. The van der Waals surface area contributed by atoms with E-state index in [2.05, 4.69) is 25.8 Å². The summed E-state index contributed by atoms with van der Waals surface area (Å²) in [5.41, 5.74) is 2.24. The summed E-state index contributed by atoms with van der Waals surface area (Å²) in [7, 11) is 1.68. The Kier molecular flexibility index (Phi) is 6.22. The number of hydrogen-bond donors (Lipinski definition) is 2. The van der Waals surface area contributed by atoms with Gasteiger partial charge in [0.05, 0.1) is 13.3 Å². The van der Waals surface area contributed by atoms with Gasteiger partial charge in [-0.05, 0) is 35.7 Å². The zero-order valence-electron chi connectivity index (χ0n) is 14.4. The van der Waals surface area contributed by atoms with Crippen LogP contribution < -0.4 is 15.4 Å². The minimum Gasteiger partial charge on any atom is -0.496 e. The summed E-state index contributed by atoms with van der Waals surface area (Å²) >= 11 is 5.89. The van der Waals surface area contributed by atoms with Crippen LogP contribution in [0.25, 0.3) is 0 Å². The molecule has 7 heteroatoms. The molecule has 0 aliphatic heterocycles.